The number of fused-ring (bicyclic) bond motifs is 1. The Morgan fingerprint density at radius 3 is 2.67 bits per heavy atom. The van der Waals surface area contributed by atoms with Crippen LogP contribution in [0.15, 0.2) is 29.1 Å². The number of dihydropyridines is 1. The zero-order valence-electron chi connectivity index (χ0n) is 12.3. The van der Waals surface area contributed by atoms with Gasteiger partial charge in [-0.2, -0.15) is 10.4 Å². The molecule has 1 saturated carbocycles. The second-order valence-electron chi connectivity index (χ2n) is 5.90. The fourth-order valence-corrected chi connectivity index (χ4v) is 3.03. The summed E-state index contributed by atoms with van der Waals surface area (Å²) in [5, 5.41) is 18.8. The molecule has 0 bridgehead atoms. The molecule has 1 aromatic carbocycles. The van der Waals surface area contributed by atoms with Crippen molar-refractivity contribution in [2.24, 2.45) is 11.7 Å². The number of nitrogens with two attached hydrogens (primary N) is 1. The Morgan fingerprint density at radius 2 is 2.00 bits per heavy atom. The van der Waals surface area contributed by atoms with Crippen molar-refractivity contribution < 1.29 is 13.2 Å². The number of nitriles is 1. The van der Waals surface area contributed by atoms with Crippen molar-refractivity contribution in [2.75, 3.05) is 0 Å². The Kier molecular flexibility index (Phi) is 3.15. The summed E-state index contributed by atoms with van der Waals surface area (Å²) < 4.78 is 41.8. The number of hydrogen-bond acceptors (Lipinski definition) is 4. The number of halogens is 3. The highest BCUT2D eigenvalue weighted by Crippen LogP contribution is 2.45. The fraction of sp³-hybridized carbons (Fsp3) is 0.250. The van der Waals surface area contributed by atoms with Crippen LogP contribution in [0.2, 0.25) is 0 Å². The maximum atomic E-state index is 14.4. The number of nitrogens with zero attached hydrogens (tertiary/aromatic N) is 2. The van der Waals surface area contributed by atoms with E-state index in [1.165, 1.54) is 0 Å². The van der Waals surface area contributed by atoms with Crippen LogP contribution in [0, 0.1) is 28.9 Å². The molecule has 24 heavy (non-hydrogen) atoms. The van der Waals surface area contributed by atoms with Gasteiger partial charge < -0.3 is 11.1 Å². The van der Waals surface area contributed by atoms with E-state index in [-0.39, 0.29) is 39.4 Å². The number of hydrogen-bond donors (Lipinski definition) is 3. The molecule has 2 heterocycles. The van der Waals surface area contributed by atoms with Gasteiger partial charge >= 0.3 is 0 Å². The van der Waals surface area contributed by atoms with Crippen LogP contribution in [-0.4, -0.2) is 16.4 Å². The van der Waals surface area contributed by atoms with Crippen molar-refractivity contribution in [2.45, 2.75) is 19.0 Å². The molecule has 8 heteroatoms. The Morgan fingerprint density at radius 1 is 1.25 bits per heavy atom. The first kappa shape index (κ1) is 14.8. The molecule has 4 N–H and O–H groups in total. The monoisotopic (exact) mass is 331 g/mol. The number of rotatable bonds is 2. The summed E-state index contributed by atoms with van der Waals surface area (Å²) in [6.07, 6.45) is 0.436. The van der Waals surface area contributed by atoms with Gasteiger partial charge in [0.2, 0.25) is 0 Å². The molecule has 0 spiro atoms. The molecule has 2 aliphatic rings. The van der Waals surface area contributed by atoms with Crippen LogP contribution >= 0.6 is 0 Å². The molecule has 1 aliphatic carbocycles. The van der Waals surface area contributed by atoms with Crippen LogP contribution in [0.4, 0.5) is 13.2 Å². The summed E-state index contributed by atoms with van der Waals surface area (Å²) in [5.74, 6) is -2.22. The van der Waals surface area contributed by atoms with Crippen molar-refractivity contribution in [3.8, 4) is 6.07 Å². The smallest absolute Gasteiger partial charge is 0.154 e. The van der Waals surface area contributed by atoms with Gasteiger partial charge in [0.15, 0.2) is 5.82 Å². The number of H-pyrrole nitrogens is 1. The van der Waals surface area contributed by atoms with E-state index in [9.17, 15) is 18.4 Å². The average Bonchev–Trinajstić information content (AvgIpc) is 3.28. The minimum Gasteiger partial charge on any atom is -0.361 e. The molecule has 1 aromatic heterocycles. The van der Waals surface area contributed by atoms with E-state index < -0.39 is 23.6 Å². The molecule has 0 saturated heterocycles. The summed E-state index contributed by atoms with van der Waals surface area (Å²) in [6, 6.07) is 3.82. The third-order valence-electron chi connectivity index (χ3n) is 4.27. The van der Waals surface area contributed by atoms with E-state index >= 15 is 0 Å². The number of aromatic amines is 1. The van der Waals surface area contributed by atoms with Crippen LogP contribution in [0.3, 0.4) is 0 Å². The van der Waals surface area contributed by atoms with E-state index in [1.807, 2.05) is 6.07 Å². The minimum absolute atomic E-state index is 0.0505. The third-order valence-corrected chi connectivity index (χ3v) is 4.27. The highest BCUT2D eigenvalue weighted by atomic mass is 19.1. The van der Waals surface area contributed by atoms with Crippen LogP contribution in [-0.2, 0) is 0 Å². The summed E-state index contributed by atoms with van der Waals surface area (Å²) >= 11 is 0. The van der Waals surface area contributed by atoms with Crippen molar-refractivity contribution in [1.82, 2.24) is 15.5 Å². The summed E-state index contributed by atoms with van der Waals surface area (Å²) in [7, 11) is 0. The highest BCUT2D eigenvalue weighted by molar-refractivity contribution is 5.93. The quantitative estimate of drug-likeness (QED) is 0.789. The minimum atomic E-state index is -1.12. The molecular weight excluding hydrogens is 319 g/mol. The molecule has 0 amide bonds. The Bertz CT molecular complexity index is 962. The summed E-state index contributed by atoms with van der Waals surface area (Å²) in [4.78, 5) is 0. The molecule has 1 atom stereocenters. The fourth-order valence-electron chi connectivity index (χ4n) is 3.03. The van der Waals surface area contributed by atoms with Crippen molar-refractivity contribution in [3.63, 3.8) is 0 Å². The van der Waals surface area contributed by atoms with E-state index in [0.29, 0.717) is 0 Å². The van der Waals surface area contributed by atoms with Crippen LogP contribution in [0.25, 0.3) is 16.6 Å². The first-order valence-electron chi connectivity index (χ1n) is 7.41. The second kappa shape index (κ2) is 5.11. The van der Waals surface area contributed by atoms with Crippen LogP contribution < -0.4 is 11.1 Å². The molecule has 2 aromatic rings. The molecule has 1 fully saturated rings. The lowest BCUT2D eigenvalue weighted by molar-refractivity contribution is 0.495. The Labute approximate surface area is 134 Å². The van der Waals surface area contributed by atoms with Gasteiger partial charge in [0.05, 0.1) is 17.0 Å². The second-order valence-corrected chi connectivity index (χ2v) is 5.90. The molecule has 0 radical (unpaired) electrons. The van der Waals surface area contributed by atoms with Crippen molar-refractivity contribution in [3.05, 3.63) is 46.4 Å². The number of benzene rings is 1. The number of allylic oxidation sites excluding steroid dienone is 2. The van der Waals surface area contributed by atoms with Gasteiger partial charge in [0.25, 0.3) is 0 Å². The van der Waals surface area contributed by atoms with E-state index in [1.54, 1.807) is 0 Å². The molecule has 1 aliphatic heterocycles. The van der Waals surface area contributed by atoms with E-state index in [4.69, 9.17) is 5.73 Å². The number of aromatic nitrogens is 2. The molecule has 4 rings (SSSR count). The topological polar surface area (TPSA) is 90.5 Å². The standard InChI is InChI=1S/C16H12F3N5/c17-7-3-8-13(10(18)4-7)23-24-15(8)14-9(5-20)11(6-1-2-6)12(19)16(21)22-14/h3-4,6,16,22H,1-2,21H2,(H,23,24). The molecule has 5 nitrogen and oxygen atoms in total. The zero-order valence-corrected chi connectivity index (χ0v) is 12.3. The SMILES string of the molecule is N#CC1=C(c2[nH]nc3c(F)cc(F)cc23)NC(N)C(F)=C1C1CC1. The van der Waals surface area contributed by atoms with Gasteiger partial charge in [-0.3, -0.25) is 5.10 Å². The lowest BCUT2D eigenvalue weighted by Gasteiger charge is -2.25. The normalized spacial score (nSPS) is 21.2. The van der Waals surface area contributed by atoms with Gasteiger partial charge in [0.1, 0.15) is 29.4 Å². The lowest BCUT2D eigenvalue weighted by atomic mass is 9.93. The molecular formula is C16H12F3N5. The summed E-state index contributed by atoms with van der Waals surface area (Å²) in [6.45, 7) is 0. The average molecular weight is 331 g/mol. The van der Waals surface area contributed by atoms with Crippen molar-refractivity contribution in [1.29, 1.82) is 5.26 Å². The van der Waals surface area contributed by atoms with Crippen molar-refractivity contribution >= 4 is 16.6 Å². The summed E-state index contributed by atoms with van der Waals surface area (Å²) in [5.41, 5.74) is 6.51. The van der Waals surface area contributed by atoms with Gasteiger partial charge in [-0.25, -0.2) is 13.2 Å². The van der Waals surface area contributed by atoms with Crippen LogP contribution in [0.5, 0.6) is 0 Å². The largest absolute Gasteiger partial charge is 0.361 e. The first-order valence-corrected chi connectivity index (χ1v) is 7.41. The lowest BCUT2D eigenvalue weighted by Crippen LogP contribution is -2.41. The Balaban J connectivity index is 1.98. The van der Waals surface area contributed by atoms with E-state index in [0.717, 1.165) is 25.0 Å². The van der Waals surface area contributed by atoms with Gasteiger partial charge in [0, 0.05) is 17.0 Å². The Hall–Kier alpha value is -2.79. The maximum Gasteiger partial charge on any atom is 0.154 e. The van der Waals surface area contributed by atoms with Crippen LogP contribution in [0.1, 0.15) is 18.5 Å². The third kappa shape index (κ3) is 2.09. The van der Waals surface area contributed by atoms with Gasteiger partial charge in [-0.1, -0.05) is 0 Å². The molecule has 1 unspecified atom stereocenters. The van der Waals surface area contributed by atoms with E-state index in [2.05, 4.69) is 15.5 Å². The number of nitrogens with one attached hydrogen (secondary N) is 2. The predicted octanol–water partition coefficient (Wildman–Crippen LogP) is 2.60. The highest BCUT2D eigenvalue weighted by Gasteiger charge is 2.38. The van der Waals surface area contributed by atoms with Gasteiger partial charge in [-0.15, -0.1) is 0 Å². The maximum absolute atomic E-state index is 14.4. The zero-order chi connectivity index (χ0) is 17.0. The molecule has 122 valence electrons. The predicted molar refractivity (Wildman–Crippen MR) is 80.5 cm³/mol. The van der Waals surface area contributed by atoms with Gasteiger partial charge in [-0.05, 0) is 24.8 Å². The first-order chi connectivity index (χ1) is 11.5.